The summed E-state index contributed by atoms with van der Waals surface area (Å²) < 4.78 is 2.07. The minimum atomic E-state index is 0.835. The lowest BCUT2D eigenvalue weighted by Crippen LogP contribution is -2.05. The summed E-state index contributed by atoms with van der Waals surface area (Å²) in [4.78, 5) is 0. The fourth-order valence-electron chi connectivity index (χ4n) is 1.91. The van der Waals surface area contributed by atoms with Crippen LogP contribution in [-0.4, -0.2) is 15.0 Å². The molecule has 0 aliphatic heterocycles. The van der Waals surface area contributed by atoms with E-state index in [1.165, 1.54) is 37.8 Å². The van der Waals surface area contributed by atoms with Crippen molar-refractivity contribution in [2.45, 2.75) is 65.8 Å². The molecule has 16 heavy (non-hydrogen) atoms. The minimum absolute atomic E-state index is 0.835. The van der Waals surface area contributed by atoms with E-state index in [1.54, 1.807) is 0 Å². The largest absolute Gasteiger partial charge is 0.249 e. The number of aromatic nitrogens is 3. The van der Waals surface area contributed by atoms with Crippen molar-refractivity contribution in [2.75, 3.05) is 0 Å². The second-order valence-electron chi connectivity index (χ2n) is 4.94. The summed E-state index contributed by atoms with van der Waals surface area (Å²) >= 11 is 0. The first-order valence-electron chi connectivity index (χ1n) is 6.61. The van der Waals surface area contributed by atoms with Gasteiger partial charge in [0.25, 0.3) is 0 Å². The molecule has 1 heterocycles. The highest BCUT2D eigenvalue weighted by Gasteiger charge is 2.02. The molecule has 0 unspecified atom stereocenters. The Morgan fingerprint density at radius 3 is 2.75 bits per heavy atom. The van der Waals surface area contributed by atoms with Crippen molar-refractivity contribution in [1.29, 1.82) is 0 Å². The molecular weight excluding hydrogens is 198 g/mol. The fraction of sp³-hybridized carbons (Fsp3) is 0.846. The average molecular weight is 223 g/mol. The molecule has 0 saturated carbocycles. The van der Waals surface area contributed by atoms with Crippen LogP contribution in [0.3, 0.4) is 0 Å². The summed E-state index contributed by atoms with van der Waals surface area (Å²) in [6, 6.07) is 0. The number of nitrogens with zero attached hydrogens (tertiary/aromatic N) is 3. The number of aryl methyl sites for hydroxylation is 2. The highest BCUT2D eigenvalue weighted by atomic mass is 15.4. The molecule has 0 saturated heterocycles. The van der Waals surface area contributed by atoms with Crippen LogP contribution in [0.1, 0.15) is 58.6 Å². The molecular formula is C13H25N3. The maximum absolute atomic E-state index is 4.13. The first-order valence-corrected chi connectivity index (χ1v) is 6.61. The van der Waals surface area contributed by atoms with Gasteiger partial charge in [-0.2, -0.15) is 0 Å². The van der Waals surface area contributed by atoms with E-state index in [2.05, 4.69) is 35.8 Å². The Balaban J connectivity index is 2.18. The van der Waals surface area contributed by atoms with Crippen LogP contribution < -0.4 is 0 Å². The van der Waals surface area contributed by atoms with Crippen LogP contribution in [0, 0.1) is 5.92 Å². The SMILES string of the molecule is CCCc1cnnn1CCCCCC(C)C. The Bertz CT molecular complexity index is 278. The van der Waals surface area contributed by atoms with E-state index < -0.39 is 0 Å². The van der Waals surface area contributed by atoms with Crippen LogP contribution in [0.15, 0.2) is 6.20 Å². The third-order valence-electron chi connectivity index (χ3n) is 2.86. The van der Waals surface area contributed by atoms with E-state index >= 15 is 0 Å². The molecule has 0 radical (unpaired) electrons. The molecule has 0 fully saturated rings. The van der Waals surface area contributed by atoms with Crippen LogP contribution in [0.2, 0.25) is 0 Å². The van der Waals surface area contributed by atoms with Crippen LogP contribution in [-0.2, 0) is 13.0 Å². The number of rotatable bonds is 8. The number of hydrogen-bond acceptors (Lipinski definition) is 2. The predicted molar refractivity (Wildman–Crippen MR) is 67.3 cm³/mol. The Morgan fingerprint density at radius 1 is 1.25 bits per heavy atom. The van der Waals surface area contributed by atoms with Crippen molar-refractivity contribution >= 4 is 0 Å². The van der Waals surface area contributed by atoms with E-state index in [-0.39, 0.29) is 0 Å². The predicted octanol–water partition coefficient (Wildman–Crippen LogP) is 3.45. The van der Waals surface area contributed by atoms with Gasteiger partial charge < -0.3 is 0 Å². The van der Waals surface area contributed by atoms with Gasteiger partial charge in [0.1, 0.15) is 0 Å². The van der Waals surface area contributed by atoms with E-state index in [0.29, 0.717) is 0 Å². The molecule has 1 rings (SSSR count). The van der Waals surface area contributed by atoms with Gasteiger partial charge in [0.2, 0.25) is 0 Å². The van der Waals surface area contributed by atoms with Gasteiger partial charge in [-0.25, -0.2) is 4.68 Å². The third kappa shape index (κ3) is 4.77. The van der Waals surface area contributed by atoms with Crippen LogP contribution >= 0.6 is 0 Å². The molecule has 0 spiro atoms. The van der Waals surface area contributed by atoms with E-state index in [4.69, 9.17) is 0 Å². The lowest BCUT2D eigenvalue weighted by atomic mass is 10.1. The average Bonchev–Trinajstić information content (AvgIpc) is 2.65. The van der Waals surface area contributed by atoms with Crippen molar-refractivity contribution in [3.8, 4) is 0 Å². The lowest BCUT2D eigenvalue weighted by molar-refractivity contribution is 0.479. The van der Waals surface area contributed by atoms with Gasteiger partial charge >= 0.3 is 0 Å². The fourth-order valence-corrected chi connectivity index (χ4v) is 1.91. The molecule has 0 amide bonds. The monoisotopic (exact) mass is 223 g/mol. The van der Waals surface area contributed by atoms with Crippen LogP contribution in [0.4, 0.5) is 0 Å². The summed E-state index contributed by atoms with van der Waals surface area (Å²) in [6.07, 6.45) is 9.39. The van der Waals surface area contributed by atoms with Crippen LogP contribution in [0.25, 0.3) is 0 Å². The quantitative estimate of drug-likeness (QED) is 0.632. The molecule has 0 N–H and O–H groups in total. The topological polar surface area (TPSA) is 30.7 Å². The molecule has 0 aromatic carbocycles. The summed E-state index contributed by atoms with van der Waals surface area (Å²) in [5, 5.41) is 8.12. The molecule has 0 atom stereocenters. The Kier molecular flexibility index (Phi) is 6.12. The first kappa shape index (κ1) is 13.2. The maximum Gasteiger partial charge on any atom is 0.0725 e. The standard InChI is InChI=1S/C13H25N3/c1-4-8-13-11-14-15-16(13)10-7-5-6-9-12(2)3/h11-12H,4-10H2,1-3H3. The summed E-state index contributed by atoms with van der Waals surface area (Å²) in [5.41, 5.74) is 1.28. The molecule has 92 valence electrons. The van der Waals surface area contributed by atoms with Crippen molar-refractivity contribution in [3.63, 3.8) is 0 Å². The number of unbranched alkanes of at least 4 members (excludes halogenated alkanes) is 2. The van der Waals surface area contributed by atoms with Gasteiger partial charge in [0.15, 0.2) is 0 Å². The second kappa shape index (κ2) is 7.42. The molecule has 0 bridgehead atoms. The van der Waals surface area contributed by atoms with Crippen molar-refractivity contribution in [3.05, 3.63) is 11.9 Å². The number of hydrogen-bond donors (Lipinski definition) is 0. The minimum Gasteiger partial charge on any atom is -0.249 e. The van der Waals surface area contributed by atoms with Crippen molar-refractivity contribution in [1.82, 2.24) is 15.0 Å². The van der Waals surface area contributed by atoms with E-state index in [1.807, 2.05) is 6.20 Å². The summed E-state index contributed by atoms with van der Waals surface area (Å²) in [7, 11) is 0. The zero-order chi connectivity index (χ0) is 11.8. The molecule has 0 aliphatic rings. The smallest absolute Gasteiger partial charge is 0.0725 e. The normalized spacial score (nSPS) is 11.2. The van der Waals surface area contributed by atoms with Gasteiger partial charge in [-0.05, 0) is 18.8 Å². The first-order chi connectivity index (χ1) is 7.74. The molecule has 1 aromatic heterocycles. The molecule has 3 heteroatoms. The maximum atomic E-state index is 4.13. The van der Waals surface area contributed by atoms with Gasteiger partial charge in [0.05, 0.1) is 11.9 Å². The Morgan fingerprint density at radius 2 is 2.06 bits per heavy atom. The summed E-state index contributed by atoms with van der Waals surface area (Å²) in [6.45, 7) is 7.81. The molecule has 1 aromatic rings. The highest BCUT2D eigenvalue weighted by molar-refractivity contribution is 4.93. The third-order valence-corrected chi connectivity index (χ3v) is 2.86. The van der Waals surface area contributed by atoms with E-state index in [0.717, 1.165) is 18.9 Å². The van der Waals surface area contributed by atoms with Gasteiger partial charge in [-0.1, -0.05) is 51.7 Å². The van der Waals surface area contributed by atoms with Crippen LogP contribution in [0.5, 0.6) is 0 Å². The zero-order valence-corrected chi connectivity index (χ0v) is 10.9. The van der Waals surface area contributed by atoms with Crippen molar-refractivity contribution in [2.24, 2.45) is 5.92 Å². The van der Waals surface area contributed by atoms with Gasteiger partial charge in [-0.15, -0.1) is 5.10 Å². The highest BCUT2D eigenvalue weighted by Crippen LogP contribution is 2.09. The van der Waals surface area contributed by atoms with Gasteiger partial charge in [0, 0.05) is 6.54 Å². The van der Waals surface area contributed by atoms with Crippen molar-refractivity contribution < 1.29 is 0 Å². The zero-order valence-electron chi connectivity index (χ0n) is 10.9. The Labute approximate surface area is 99.2 Å². The second-order valence-corrected chi connectivity index (χ2v) is 4.94. The van der Waals surface area contributed by atoms with E-state index in [9.17, 15) is 0 Å². The Hall–Kier alpha value is -0.860. The van der Waals surface area contributed by atoms with Gasteiger partial charge in [-0.3, -0.25) is 0 Å². The summed E-state index contributed by atoms with van der Waals surface area (Å²) in [5.74, 6) is 0.835. The molecule has 0 aliphatic carbocycles. The molecule has 3 nitrogen and oxygen atoms in total. The lowest BCUT2D eigenvalue weighted by Gasteiger charge is -2.06.